The third kappa shape index (κ3) is 2.69. The topological polar surface area (TPSA) is 107 Å². The summed E-state index contributed by atoms with van der Waals surface area (Å²) >= 11 is 5.74. The SMILES string of the molecule is COc1cc([N+](=O)[O-])ccc1Oc1nc[nH]c(=O)c1Cl. The van der Waals surface area contributed by atoms with Gasteiger partial charge in [0.15, 0.2) is 16.5 Å². The minimum atomic E-state index is -0.565. The number of nitro groups is 1. The number of H-pyrrole nitrogens is 1. The molecule has 8 nitrogen and oxygen atoms in total. The zero-order valence-electron chi connectivity index (χ0n) is 10.1. The van der Waals surface area contributed by atoms with Crippen LogP contribution in [-0.4, -0.2) is 22.0 Å². The summed E-state index contributed by atoms with van der Waals surface area (Å²) in [7, 11) is 1.33. The van der Waals surface area contributed by atoms with Gasteiger partial charge in [-0.15, -0.1) is 0 Å². The normalized spacial score (nSPS) is 10.1. The third-order valence-electron chi connectivity index (χ3n) is 2.33. The molecule has 0 radical (unpaired) electrons. The molecule has 1 heterocycles. The number of methoxy groups -OCH3 is 1. The molecule has 0 aliphatic carbocycles. The highest BCUT2D eigenvalue weighted by Gasteiger charge is 2.15. The number of aromatic amines is 1. The predicted molar refractivity (Wildman–Crippen MR) is 69.6 cm³/mol. The van der Waals surface area contributed by atoms with Crippen LogP contribution in [0, 0.1) is 10.1 Å². The molecule has 2 aromatic rings. The lowest BCUT2D eigenvalue weighted by molar-refractivity contribution is -0.384. The molecule has 1 aromatic heterocycles. The average molecular weight is 298 g/mol. The van der Waals surface area contributed by atoms with Crippen LogP contribution in [0.2, 0.25) is 5.02 Å². The fraction of sp³-hybridized carbons (Fsp3) is 0.0909. The van der Waals surface area contributed by atoms with E-state index in [-0.39, 0.29) is 28.1 Å². The summed E-state index contributed by atoms with van der Waals surface area (Å²) in [5.41, 5.74) is -0.711. The Balaban J connectivity index is 2.41. The van der Waals surface area contributed by atoms with E-state index in [1.54, 1.807) is 0 Å². The van der Waals surface area contributed by atoms with E-state index in [9.17, 15) is 14.9 Å². The summed E-state index contributed by atoms with van der Waals surface area (Å²) in [6, 6.07) is 3.76. The summed E-state index contributed by atoms with van der Waals surface area (Å²) < 4.78 is 10.3. The minimum Gasteiger partial charge on any atom is -0.493 e. The molecule has 0 saturated carbocycles. The maximum atomic E-state index is 11.3. The molecule has 1 aromatic carbocycles. The summed E-state index contributed by atoms with van der Waals surface area (Å²) in [5.74, 6) is 0.151. The van der Waals surface area contributed by atoms with Crippen molar-refractivity contribution in [3.05, 3.63) is 50.0 Å². The van der Waals surface area contributed by atoms with Crippen LogP contribution in [0.1, 0.15) is 0 Å². The standard InChI is InChI=1S/C11H8ClN3O5/c1-19-8-4-6(15(17)18)2-3-7(8)20-11-9(12)10(16)13-5-14-11/h2-5H,1H3,(H,13,14,16). The molecule has 0 amide bonds. The molecule has 0 aliphatic heterocycles. The molecule has 0 saturated heterocycles. The molecule has 0 unspecified atom stereocenters. The number of rotatable bonds is 4. The van der Waals surface area contributed by atoms with Crippen molar-refractivity contribution < 1.29 is 14.4 Å². The van der Waals surface area contributed by atoms with Crippen LogP contribution in [0.15, 0.2) is 29.3 Å². The van der Waals surface area contributed by atoms with E-state index in [2.05, 4.69) is 9.97 Å². The number of nitrogens with zero attached hydrogens (tertiary/aromatic N) is 2. The summed E-state index contributed by atoms with van der Waals surface area (Å²) in [4.78, 5) is 27.5. The second-order valence-electron chi connectivity index (χ2n) is 3.55. The van der Waals surface area contributed by atoms with Gasteiger partial charge in [-0.1, -0.05) is 11.6 Å². The van der Waals surface area contributed by atoms with Crippen molar-refractivity contribution in [2.24, 2.45) is 0 Å². The lowest BCUT2D eigenvalue weighted by Crippen LogP contribution is -2.08. The largest absolute Gasteiger partial charge is 0.493 e. The second kappa shape index (κ2) is 5.57. The predicted octanol–water partition coefficient (Wildman–Crippen LogP) is 2.13. The van der Waals surface area contributed by atoms with Gasteiger partial charge in [-0.2, -0.15) is 0 Å². The molecule has 0 bridgehead atoms. The minimum absolute atomic E-state index is 0.123. The molecular weight excluding hydrogens is 290 g/mol. The molecule has 20 heavy (non-hydrogen) atoms. The van der Waals surface area contributed by atoms with Crippen molar-refractivity contribution in [1.29, 1.82) is 0 Å². The van der Waals surface area contributed by atoms with Crippen LogP contribution in [0.4, 0.5) is 5.69 Å². The molecule has 104 valence electrons. The van der Waals surface area contributed by atoms with Gasteiger partial charge in [-0.3, -0.25) is 14.9 Å². The van der Waals surface area contributed by atoms with Crippen LogP contribution in [0.5, 0.6) is 17.4 Å². The van der Waals surface area contributed by atoms with Gasteiger partial charge < -0.3 is 14.5 Å². The number of hydrogen-bond acceptors (Lipinski definition) is 6. The van der Waals surface area contributed by atoms with Crippen molar-refractivity contribution in [3.63, 3.8) is 0 Å². The Bertz CT molecular complexity index is 715. The molecule has 0 fully saturated rings. The van der Waals surface area contributed by atoms with E-state index in [4.69, 9.17) is 21.1 Å². The monoisotopic (exact) mass is 297 g/mol. The van der Waals surface area contributed by atoms with E-state index < -0.39 is 10.5 Å². The quantitative estimate of drug-likeness (QED) is 0.684. The smallest absolute Gasteiger partial charge is 0.273 e. The number of non-ortho nitro benzene ring substituents is 1. The molecule has 0 atom stereocenters. The van der Waals surface area contributed by atoms with E-state index >= 15 is 0 Å². The van der Waals surface area contributed by atoms with Gasteiger partial charge in [0.1, 0.15) is 0 Å². The zero-order valence-corrected chi connectivity index (χ0v) is 10.9. The van der Waals surface area contributed by atoms with Gasteiger partial charge in [-0.05, 0) is 6.07 Å². The van der Waals surface area contributed by atoms with E-state index in [1.807, 2.05) is 0 Å². The molecule has 1 N–H and O–H groups in total. The lowest BCUT2D eigenvalue weighted by Gasteiger charge is -2.09. The summed E-state index contributed by atoms with van der Waals surface area (Å²) in [5, 5.41) is 10.4. The highest BCUT2D eigenvalue weighted by molar-refractivity contribution is 6.31. The van der Waals surface area contributed by atoms with E-state index in [1.165, 1.54) is 25.3 Å². The highest BCUT2D eigenvalue weighted by atomic mass is 35.5. The van der Waals surface area contributed by atoms with Crippen molar-refractivity contribution in [2.75, 3.05) is 7.11 Å². The number of aromatic nitrogens is 2. The van der Waals surface area contributed by atoms with Crippen molar-refractivity contribution in [1.82, 2.24) is 9.97 Å². The Morgan fingerprint density at radius 2 is 2.15 bits per heavy atom. The first-order valence-corrected chi connectivity index (χ1v) is 5.64. The number of benzene rings is 1. The first kappa shape index (κ1) is 13.8. The number of nitro benzene ring substituents is 1. The van der Waals surface area contributed by atoms with Crippen molar-refractivity contribution >= 4 is 17.3 Å². The Kier molecular flexibility index (Phi) is 3.85. The van der Waals surface area contributed by atoms with E-state index in [0.717, 1.165) is 6.33 Å². The molecule has 9 heteroatoms. The van der Waals surface area contributed by atoms with Gasteiger partial charge in [-0.25, -0.2) is 4.98 Å². The molecular formula is C11H8ClN3O5. The highest BCUT2D eigenvalue weighted by Crippen LogP contribution is 2.35. The number of halogens is 1. The Labute approximate surface area is 117 Å². The number of hydrogen-bond donors (Lipinski definition) is 1. The molecule has 0 aliphatic rings. The summed E-state index contributed by atoms with van der Waals surface area (Å²) in [6.45, 7) is 0. The van der Waals surface area contributed by atoms with Crippen molar-refractivity contribution in [3.8, 4) is 17.4 Å². The van der Waals surface area contributed by atoms with Gasteiger partial charge >= 0.3 is 0 Å². The first-order chi connectivity index (χ1) is 9.52. The van der Waals surface area contributed by atoms with Crippen LogP contribution < -0.4 is 15.0 Å². The number of ether oxygens (including phenoxy) is 2. The van der Waals surface area contributed by atoms with Crippen LogP contribution in [0.25, 0.3) is 0 Å². The second-order valence-corrected chi connectivity index (χ2v) is 3.92. The van der Waals surface area contributed by atoms with E-state index in [0.29, 0.717) is 0 Å². The average Bonchev–Trinajstić information content (AvgIpc) is 2.44. The van der Waals surface area contributed by atoms with Gasteiger partial charge in [0.25, 0.3) is 11.2 Å². The van der Waals surface area contributed by atoms with Gasteiger partial charge in [0.2, 0.25) is 5.88 Å². The van der Waals surface area contributed by atoms with Crippen LogP contribution in [-0.2, 0) is 0 Å². The molecule has 0 spiro atoms. The Morgan fingerprint density at radius 1 is 1.40 bits per heavy atom. The maximum Gasteiger partial charge on any atom is 0.273 e. The fourth-order valence-electron chi connectivity index (χ4n) is 1.40. The number of nitrogens with one attached hydrogen (secondary N) is 1. The van der Waals surface area contributed by atoms with Crippen molar-refractivity contribution in [2.45, 2.75) is 0 Å². The first-order valence-electron chi connectivity index (χ1n) is 5.26. The zero-order chi connectivity index (χ0) is 14.7. The third-order valence-corrected chi connectivity index (χ3v) is 2.66. The van der Waals surface area contributed by atoms with Gasteiger partial charge in [0, 0.05) is 6.07 Å². The Morgan fingerprint density at radius 3 is 2.80 bits per heavy atom. The van der Waals surface area contributed by atoms with Crippen LogP contribution in [0.3, 0.4) is 0 Å². The maximum absolute atomic E-state index is 11.3. The van der Waals surface area contributed by atoms with Crippen LogP contribution >= 0.6 is 11.6 Å². The lowest BCUT2D eigenvalue weighted by atomic mass is 10.3. The van der Waals surface area contributed by atoms with Gasteiger partial charge in [0.05, 0.1) is 24.4 Å². The molecule has 2 rings (SSSR count). The fourth-order valence-corrected chi connectivity index (χ4v) is 1.54. The Hall–Kier alpha value is -2.61. The summed E-state index contributed by atoms with van der Waals surface area (Å²) in [6.07, 6.45) is 1.13.